The van der Waals surface area contributed by atoms with Crippen LogP contribution in [0, 0.1) is 19.7 Å². The Kier molecular flexibility index (Phi) is 4.55. The Morgan fingerprint density at radius 3 is 2.24 bits per heavy atom. The topological polar surface area (TPSA) is 59.1 Å². The van der Waals surface area contributed by atoms with Gasteiger partial charge in [0, 0.05) is 5.69 Å². The summed E-state index contributed by atoms with van der Waals surface area (Å²) < 4.78 is 40.8. The molecule has 3 rings (SSSR count). The van der Waals surface area contributed by atoms with Crippen LogP contribution in [0.1, 0.15) is 11.3 Å². The number of nitrogens with zero attached hydrogens (tertiary/aromatic N) is 1. The van der Waals surface area contributed by atoms with Crippen molar-refractivity contribution in [2.75, 3.05) is 4.72 Å². The number of aryl methyl sites for hydroxylation is 2. The van der Waals surface area contributed by atoms with Gasteiger partial charge >= 0.3 is 0 Å². The molecule has 4 nitrogen and oxygen atoms in total. The molecule has 1 N–H and O–H groups in total. The second-order valence-electron chi connectivity index (χ2n) is 5.76. The third-order valence-electron chi connectivity index (χ3n) is 3.77. The van der Waals surface area contributed by atoms with Gasteiger partial charge in [0.1, 0.15) is 11.6 Å². The summed E-state index contributed by atoms with van der Waals surface area (Å²) in [5, 5.41) is 0. The minimum absolute atomic E-state index is 0.182. The van der Waals surface area contributed by atoms with Crippen LogP contribution in [0.3, 0.4) is 0 Å². The maximum absolute atomic E-state index is 13.0. The number of nitrogens with one attached hydrogen (secondary N) is 1. The largest absolute Gasteiger partial charge is 0.263 e. The van der Waals surface area contributed by atoms with Crippen molar-refractivity contribution in [3.8, 4) is 11.1 Å². The van der Waals surface area contributed by atoms with Gasteiger partial charge < -0.3 is 0 Å². The molecule has 0 saturated carbocycles. The summed E-state index contributed by atoms with van der Waals surface area (Å²) in [5.74, 6) is -0.0310. The Bertz CT molecular complexity index is 1020. The molecule has 1 aromatic heterocycles. The van der Waals surface area contributed by atoms with Gasteiger partial charge in [0.15, 0.2) is 0 Å². The number of rotatable bonds is 4. The molecular formula is C19H17FN2O2S. The van der Waals surface area contributed by atoms with E-state index < -0.39 is 10.0 Å². The van der Waals surface area contributed by atoms with Gasteiger partial charge in [-0.15, -0.1) is 0 Å². The lowest BCUT2D eigenvalue weighted by Gasteiger charge is -2.12. The van der Waals surface area contributed by atoms with Crippen LogP contribution in [-0.2, 0) is 10.0 Å². The maximum atomic E-state index is 13.0. The molecule has 0 fully saturated rings. The van der Waals surface area contributed by atoms with Crippen molar-refractivity contribution in [2.24, 2.45) is 0 Å². The highest BCUT2D eigenvalue weighted by Gasteiger charge is 2.18. The average Bonchev–Trinajstić information content (AvgIpc) is 2.54. The molecule has 128 valence electrons. The van der Waals surface area contributed by atoms with E-state index in [1.165, 1.54) is 12.1 Å². The molecular weight excluding hydrogens is 339 g/mol. The fraction of sp³-hybridized carbons (Fsp3) is 0.105. The first kappa shape index (κ1) is 17.1. The zero-order valence-corrected chi connectivity index (χ0v) is 14.6. The normalized spacial score (nSPS) is 11.3. The van der Waals surface area contributed by atoms with E-state index in [0.29, 0.717) is 5.56 Å². The van der Waals surface area contributed by atoms with Crippen molar-refractivity contribution in [1.29, 1.82) is 0 Å². The molecule has 0 aliphatic carbocycles. The third-order valence-corrected chi connectivity index (χ3v) is 5.28. The van der Waals surface area contributed by atoms with Crippen molar-refractivity contribution in [3.05, 3.63) is 77.7 Å². The summed E-state index contributed by atoms with van der Waals surface area (Å²) in [6.45, 7) is 3.52. The smallest absolute Gasteiger partial charge is 0.263 e. The minimum atomic E-state index is -3.74. The molecule has 0 spiro atoms. The average molecular weight is 356 g/mol. The number of sulfonamides is 1. The van der Waals surface area contributed by atoms with E-state index in [1.807, 2.05) is 0 Å². The molecule has 0 radical (unpaired) electrons. The molecule has 0 aliphatic rings. The predicted octanol–water partition coefficient (Wildman–Crippen LogP) is 4.31. The van der Waals surface area contributed by atoms with Crippen LogP contribution >= 0.6 is 0 Å². The monoisotopic (exact) mass is 356 g/mol. The molecule has 0 atom stereocenters. The van der Waals surface area contributed by atoms with E-state index >= 15 is 0 Å². The number of anilines is 1. The summed E-state index contributed by atoms with van der Waals surface area (Å²) >= 11 is 0. The van der Waals surface area contributed by atoms with Crippen molar-refractivity contribution in [2.45, 2.75) is 18.7 Å². The van der Waals surface area contributed by atoms with E-state index in [0.717, 1.165) is 16.8 Å². The molecule has 3 aromatic rings. The molecule has 0 aliphatic heterocycles. The second-order valence-corrected chi connectivity index (χ2v) is 7.41. The van der Waals surface area contributed by atoms with Gasteiger partial charge in [-0.2, -0.15) is 0 Å². The van der Waals surface area contributed by atoms with E-state index in [-0.39, 0.29) is 16.5 Å². The first-order valence-corrected chi connectivity index (χ1v) is 9.16. The Balaban J connectivity index is 1.93. The van der Waals surface area contributed by atoms with Gasteiger partial charge in [0.05, 0.1) is 4.90 Å². The highest BCUT2D eigenvalue weighted by atomic mass is 32.2. The van der Waals surface area contributed by atoms with Gasteiger partial charge in [0.25, 0.3) is 10.0 Å². The van der Waals surface area contributed by atoms with Gasteiger partial charge in [-0.05, 0) is 60.9 Å². The number of hydrogen-bond acceptors (Lipinski definition) is 3. The summed E-state index contributed by atoms with van der Waals surface area (Å²) in [5.41, 5.74) is 2.97. The van der Waals surface area contributed by atoms with Gasteiger partial charge in [-0.25, -0.2) is 17.8 Å². The van der Waals surface area contributed by atoms with Crippen LogP contribution in [-0.4, -0.2) is 13.4 Å². The second kappa shape index (κ2) is 6.64. The Labute approximate surface area is 146 Å². The number of hydrogen-bond donors (Lipinski definition) is 1. The van der Waals surface area contributed by atoms with Crippen LogP contribution in [0.25, 0.3) is 11.1 Å². The highest BCUT2D eigenvalue weighted by molar-refractivity contribution is 7.92. The van der Waals surface area contributed by atoms with E-state index in [2.05, 4.69) is 9.71 Å². The number of benzene rings is 2. The molecule has 1 heterocycles. The predicted molar refractivity (Wildman–Crippen MR) is 96.4 cm³/mol. The van der Waals surface area contributed by atoms with Crippen molar-refractivity contribution in [1.82, 2.24) is 4.98 Å². The van der Waals surface area contributed by atoms with Crippen molar-refractivity contribution in [3.63, 3.8) is 0 Å². The molecule has 0 unspecified atom stereocenters. The lowest BCUT2D eigenvalue weighted by molar-refractivity contribution is 0.600. The zero-order valence-electron chi connectivity index (χ0n) is 13.8. The van der Waals surface area contributed by atoms with Crippen LogP contribution in [0.2, 0.25) is 0 Å². The molecule has 2 aromatic carbocycles. The molecule has 0 bridgehead atoms. The van der Waals surface area contributed by atoms with Gasteiger partial charge in [-0.1, -0.05) is 30.3 Å². The number of aromatic nitrogens is 1. The lowest BCUT2D eigenvalue weighted by Crippen LogP contribution is -2.15. The van der Waals surface area contributed by atoms with E-state index in [9.17, 15) is 12.8 Å². The standard InChI is InChI=1S/C19H17FN2O2S/c1-13-12-16(15-6-9-17(20)10-7-15)8-11-18(13)25(23,24)22-19-5-3-4-14(2)21-19/h3-12H,1-2H3,(H,21,22). The lowest BCUT2D eigenvalue weighted by atomic mass is 10.0. The molecule has 25 heavy (non-hydrogen) atoms. The van der Waals surface area contributed by atoms with Gasteiger partial charge in [-0.3, -0.25) is 4.72 Å². The summed E-state index contributed by atoms with van der Waals surface area (Å²) in [6, 6.07) is 16.2. The first-order chi connectivity index (χ1) is 11.8. The first-order valence-electron chi connectivity index (χ1n) is 7.68. The molecule has 6 heteroatoms. The Hall–Kier alpha value is -2.73. The van der Waals surface area contributed by atoms with Crippen LogP contribution in [0.5, 0.6) is 0 Å². The molecule has 0 saturated heterocycles. The summed E-state index contributed by atoms with van der Waals surface area (Å²) in [7, 11) is -3.74. The van der Waals surface area contributed by atoms with Crippen molar-refractivity contribution >= 4 is 15.8 Å². The van der Waals surface area contributed by atoms with Crippen LogP contribution in [0.4, 0.5) is 10.2 Å². The van der Waals surface area contributed by atoms with Crippen LogP contribution in [0.15, 0.2) is 65.6 Å². The van der Waals surface area contributed by atoms with Crippen molar-refractivity contribution < 1.29 is 12.8 Å². The fourth-order valence-electron chi connectivity index (χ4n) is 2.57. The fourth-order valence-corrected chi connectivity index (χ4v) is 3.79. The highest BCUT2D eigenvalue weighted by Crippen LogP contribution is 2.26. The van der Waals surface area contributed by atoms with Crippen LogP contribution < -0.4 is 4.72 Å². The zero-order chi connectivity index (χ0) is 18.0. The maximum Gasteiger partial charge on any atom is 0.263 e. The number of pyridine rings is 1. The van der Waals surface area contributed by atoms with E-state index in [4.69, 9.17) is 0 Å². The Morgan fingerprint density at radius 1 is 0.920 bits per heavy atom. The SMILES string of the molecule is Cc1cccc(NS(=O)(=O)c2ccc(-c3ccc(F)cc3)cc2C)n1. The third kappa shape index (κ3) is 3.85. The number of halogens is 1. The Morgan fingerprint density at radius 2 is 1.60 bits per heavy atom. The van der Waals surface area contributed by atoms with Gasteiger partial charge in [0.2, 0.25) is 0 Å². The summed E-state index contributed by atoms with van der Waals surface area (Å²) in [6.07, 6.45) is 0. The minimum Gasteiger partial charge on any atom is -0.263 e. The van der Waals surface area contributed by atoms with E-state index in [1.54, 1.807) is 62.4 Å². The molecule has 0 amide bonds. The summed E-state index contributed by atoms with van der Waals surface area (Å²) in [4.78, 5) is 4.34. The quantitative estimate of drug-likeness (QED) is 0.758.